The van der Waals surface area contributed by atoms with Gasteiger partial charge in [0.1, 0.15) is 5.82 Å². The zero-order chi connectivity index (χ0) is 41.0. The van der Waals surface area contributed by atoms with Crippen molar-refractivity contribution in [2.24, 2.45) is 22.9 Å². The number of carbonyl (C=O) groups is 2. The van der Waals surface area contributed by atoms with Crippen LogP contribution < -0.4 is 20.7 Å². The molecule has 1 saturated carbocycles. The van der Waals surface area contributed by atoms with Crippen molar-refractivity contribution in [3.8, 4) is 11.1 Å². The molecule has 1 aliphatic heterocycles. The maximum absolute atomic E-state index is 13.6. The molecule has 1 fully saturated rings. The first-order valence-corrected chi connectivity index (χ1v) is 22.5. The number of pyridine rings is 1. The van der Waals surface area contributed by atoms with Gasteiger partial charge in [-0.15, -0.1) is 0 Å². The summed E-state index contributed by atoms with van der Waals surface area (Å²) < 4.78 is 31.8. The predicted molar refractivity (Wildman–Crippen MR) is 227 cm³/mol. The largest absolute Gasteiger partial charge is 0.476 e. The summed E-state index contributed by atoms with van der Waals surface area (Å²) >= 11 is 1.43. The highest BCUT2D eigenvalue weighted by Crippen LogP contribution is 2.35. The molecule has 5 N–H and O–H groups in total. The number of primary sulfonamides is 1. The van der Waals surface area contributed by atoms with Crippen molar-refractivity contribution in [3.63, 3.8) is 0 Å². The van der Waals surface area contributed by atoms with Crippen molar-refractivity contribution < 1.29 is 27.9 Å². The maximum Gasteiger partial charge on any atom is 0.355 e. The van der Waals surface area contributed by atoms with Crippen LogP contribution in [0.15, 0.2) is 60.8 Å². The number of carboxylic acid groups (broad SMARTS) is 1. The van der Waals surface area contributed by atoms with Gasteiger partial charge in [-0.1, -0.05) is 49.4 Å². The molecule has 0 spiro atoms. The molecule has 0 radical (unpaired) electrons. The number of benzene rings is 2. The normalized spacial score (nSPS) is 20.0. The zero-order valence-corrected chi connectivity index (χ0v) is 34.8. The lowest BCUT2D eigenvalue weighted by atomic mass is 9.80. The number of amides is 1. The van der Waals surface area contributed by atoms with Crippen LogP contribution in [0.1, 0.15) is 77.2 Å². The van der Waals surface area contributed by atoms with Gasteiger partial charge < -0.3 is 20.1 Å². The summed E-state index contributed by atoms with van der Waals surface area (Å²) in [6, 6.07) is 17.2. The Labute approximate surface area is 343 Å². The highest BCUT2D eigenvalue weighted by atomic mass is 32.2. The molecule has 0 bridgehead atoms. The lowest BCUT2D eigenvalue weighted by Crippen LogP contribution is -2.33. The van der Waals surface area contributed by atoms with Gasteiger partial charge in [0.25, 0.3) is 5.91 Å². The van der Waals surface area contributed by atoms with Crippen molar-refractivity contribution in [1.82, 2.24) is 25.1 Å². The molecule has 3 aromatic heterocycles. The summed E-state index contributed by atoms with van der Waals surface area (Å²) in [5, 5.41) is 26.9. The number of nitrogens with one attached hydrogen (secondary N) is 2. The number of carboxylic acids is 1. The Hall–Kier alpha value is -4.74. The average molecular weight is 829 g/mol. The minimum atomic E-state index is -3.51. The van der Waals surface area contributed by atoms with E-state index in [1.807, 2.05) is 71.1 Å². The molecule has 2 aliphatic rings. The standard InChI is InChI=1S/C42H52N8O6S2/c1-26-19-27(2)21-31(56-17-14-44-15-18-58(43,54)55)22-29(20-26)24-50-28(3)34(23-45-50)32-11-12-38(47-39(32)41(52)53)49-16-13-30-7-6-8-33(35(30)25-49)40(51)48-42-46-36-9-4-5-10-37(36)57-42/h4-12,23,26-27,29,31,44H,13-22,24-25H2,1-3H3,(H,52,53)(H2,43,54,55)(H,46,48,51). The SMILES string of the molecule is Cc1c(-c2ccc(N3CCc4cccc(C(=O)Nc5nc6ccccc6s5)c4C3)nc2C(=O)O)cnn1CC1CC(C)CC(C)CC(OCCNCCS(N)(=O)=O)C1. The van der Waals surface area contributed by atoms with Gasteiger partial charge in [0, 0.05) is 55.1 Å². The molecule has 4 unspecified atom stereocenters. The van der Waals surface area contributed by atoms with Crippen LogP contribution in [-0.2, 0) is 34.3 Å². The lowest BCUT2D eigenvalue weighted by Gasteiger charge is -2.32. The highest BCUT2D eigenvalue weighted by molar-refractivity contribution is 7.89. The number of aromatic nitrogens is 4. The number of hydrogen-bond acceptors (Lipinski definition) is 11. The van der Waals surface area contributed by atoms with Crippen molar-refractivity contribution >= 4 is 54.4 Å². The summed E-state index contributed by atoms with van der Waals surface area (Å²) in [5.74, 6) is 0.410. The van der Waals surface area contributed by atoms with Gasteiger partial charge in [-0.25, -0.2) is 28.3 Å². The van der Waals surface area contributed by atoms with Crippen LogP contribution >= 0.6 is 11.3 Å². The van der Waals surface area contributed by atoms with Crippen LogP contribution in [0, 0.1) is 24.7 Å². The summed E-state index contributed by atoms with van der Waals surface area (Å²) in [7, 11) is -3.51. The van der Waals surface area contributed by atoms with E-state index in [9.17, 15) is 23.1 Å². The Morgan fingerprint density at radius 1 is 0.983 bits per heavy atom. The summed E-state index contributed by atoms with van der Waals surface area (Å²) in [5.41, 5.74) is 5.39. The van der Waals surface area contributed by atoms with E-state index in [0.717, 1.165) is 58.3 Å². The third-order valence-electron chi connectivity index (χ3n) is 11.3. The quantitative estimate of drug-likeness (QED) is 0.0945. The van der Waals surface area contributed by atoms with Gasteiger partial charge >= 0.3 is 5.97 Å². The first-order chi connectivity index (χ1) is 27.8. The first kappa shape index (κ1) is 41.4. The van der Waals surface area contributed by atoms with Crippen LogP contribution in [0.2, 0.25) is 0 Å². The van der Waals surface area contributed by atoms with Crippen LogP contribution in [0.5, 0.6) is 0 Å². The fraction of sp³-hybridized carbons (Fsp3) is 0.452. The third kappa shape index (κ3) is 10.1. The molecular weight excluding hydrogens is 777 g/mol. The maximum atomic E-state index is 13.6. The van der Waals surface area contributed by atoms with Gasteiger partial charge in [-0.2, -0.15) is 5.10 Å². The lowest BCUT2D eigenvalue weighted by molar-refractivity contribution is 0.00833. The average Bonchev–Trinajstić information content (AvgIpc) is 3.76. The van der Waals surface area contributed by atoms with Gasteiger partial charge in [-0.3, -0.25) is 14.8 Å². The number of nitrogens with two attached hydrogens (primary N) is 1. The molecule has 4 heterocycles. The molecule has 0 saturated heterocycles. The van der Waals surface area contributed by atoms with E-state index < -0.39 is 16.0 Å². The van der Waals surface area contributed by atoms with Gasteiger partial charge in [-0.05, 0) is 98.2 Å². The smallest absolute Gasteiger partial charge is 0.355 e. The molecule has 5 aromatic rings. The molecular formula is C42H52N8O6S2. The summed E-state index contributed by atoms with van der Waals surface area (Å²) in [4.78, 5) is 37.7. The Morgan fingerprint density at radius 2 is 1.79 bits per heavy atom. The number of aromatic carboxylic acids is 1. The Bertz CT molecular complexity index is 2350. The minimum Gasteiger partial charge on any atom is -0.476 e. The summed E-state index contributed by atoms with van der Waals surface area (Å²) in [6.45, 7) is 9.54. The zero-order valence-electron chi connectivity index (χ0n) is 33.2. The molecule has 308 valence electrons. The van der Waals surface area contributed by atoms with E-state index in [1.54, 1.807) is 6.20 Å². The van der Waals surface area contributed by atoms with Crippen LogP contribution in [0.3, 0.4) is 0 Å². The number of fused-ring (bicyclic) bond motifs is 2. The Morgan fingerprint density at radius 3 is 2.59 bits per heavy atom. The monoisotopic (exact) mass is 828 g/mol. The van der Waals surface area contributed by atoms with Crippen molar-refractivity contribution in [2.45, 2.75) is 72.1 Å². The molecule has 58 heavy (non-hydrogen) atoms. The van der Waals surface area contributed by atoms with Crippen molar-refractivity contribution in [1.29, 1.82) is 0 Å². The Balaban J connectivity index is 1.04. The second kappa shape index (κ2) is 18.0. The van der Waals surface area contributed by atoms with Gasteiger partial charge in [0.05, 0.1) is 34.9 Å². The van der Waals surface area contributed by atoms with Crippen molar-refractivity contribution in [2.75, 3.05) is 42.2 Å². The second-order valence-electron chi connectivity index (χ2n) is 15.9. The van der Waals surface area contributed by atoms with Crippen LogP contribution in [0.25, 0.3) is 21.3 Å². The number of carbonyl (C=O) groups excluding carboxylic acids is 1. The number of ether oxygens (including phenoxy) is 1. The number of anilines is 2. The third-order valence-corrected chi connectivity index (χ3v) is 13.0. The Kier molecular flexibility index (Phi) is 12.9. The van der Waals surface area contributed by atoms with Crippen LogP contribution in [0.4, 0.5) is 10.9 Å². The fourth-order valence-electron chi connectivity index (χ4n) is 8.61. The van der Waals surface area contributed by atoms with Crippen molar-refractivity contribution in [3.05, 3.63) is 88.9 Å². The number of para-hydroxylation sites is 1. The predicted octanol–water partition coefficient (Wildman–Crippen LogP) is 6.10. The van der Waals surface area contributed by atoms with E-state index in [1.165, 1.54) is 11.3 Å². The molecule has 7 rings (SSSR count). The molecule has 4 atom stereocenters. The molecule has 14 nitrogen and oxygen atoms in total. The van der Waals surface area contributed by atoms with E-state index in [4.69, 9.17) is 20.0 Å². The molecule has 16 heteroatoms. The summed E-state index contributed by atoms with van der Waals surface area (Å²) in [6.07, 6.45) is 6.41. The first-order valence-electron chi connectivity index (χ1n) is 19.9. The van der Waals surface area contributed by atoms with Gasteiger partial charge in [0.15, 0.2) is 10.8 Å². The number of rotatable bonds is 14. The van der Waals surface area contributed by atoms with Gasteiger partial charge in [0.2, 0.25) is 10.0 Å². The second-order valence-corrected chi connectivity index (χ2v) is 18.6. The molecule has 1 aliphatic carbocycles. The van der Waals surface area contributed by atoms with E-state index in [0.29, 0.717) is 79.0 Å². The van der Waals surface area contributed by atoms with E-state index in [-0.39, 0.29) is 30.0 Å². The molecule has 2 aromatic carbocycles. The number of sulfonamides is 1. The van der Waals surface area contributed by atoms with Crippen LogP contribution in [-0.4, -0.2) is 83.2 Å². The minimum absolute atomic E-state index is 0.0486. The number of hydrogen-bond donors (Lipinski definition) is 4. The fourth-order valence-corrected chi connectivity index (χ4v) is 9.90. The van der Waals surface area contributed by atoms with E-state index >= 15 is 0 Å². The van der Waals surface area contributed by atoms with E-state index in [2.05, 4.69) is 29.5 Å². The highest BCUT2D eigenvalue weighted by Gasteiger charge is 2.29. The number of nitrogens with zero attached hydrogens (tertiary/aromatic N) is 5. The topological polar surface area (TPSA) is 195 Å². The molecule has 1 amide bonds. The number of thiazole rings is 1.